The molecule has 2 N–H and O–H groups in total. The number of nitrogens with one attached hydrogen (secondary N) is 2. The third-order valence-corrected chi connectivity index (χ3v) is 7.58. The lowest BCUT2D eigenvalue weighted by molar-refractivity contribution is -0.126. The summed E-state index contributed by atoms with van der Waals surface area (Å²) in [5.74, 6) is -1.83. The Morgan fingerprint density at radius 3 is 2.66 bits per heavy atom. The van der Waals surface area contributed by atoms with E-state index < -0.39 is 26.9 Å². The Kier molecular flexibility index (Phi) is 6.15. The summed E-state index contributed by atoms with van der Waals surface area (Å²) in [6.45, 7) is -0.325. The molecular formula is C20H18ClFN4O4S2. The van der Waals surface area contributed by atoms with E-state index in [-0.39, 0.29) is 28.5 Å². The maximum atomic E-state index is 13.1. The topological polar surface area (TPSA) is 118 Å². The van der Waals surface area contributed by atoms with Gasteiger partial charge in [-0.15, -0.1) is 11.3 Å². The van der Waals surface area contributed by atoms with Crippen molar-refractivity contribution < 1.29 is 22.4 Å². The number of benzene rings is 1. The number of rotatable bonds is 7. The van der Waals surface area contributed by atoms with Crippen LogP contribution in [0.25, 0.3) is 21.3 Å². The summed E-state index contributed by atoms with van der Waals surface area (Å²) in [5, 5.41) is 3.81. The zero-order chi connectivity index (χ0) is 23.0. The largest absolute Gasteiger partial charge is 0.352 e. The minimum atomic E-state index is -3.89. The summed E-state index contributed by atoms with van der Waals surface area (Å²) in [5.41, 5.74) is 1.60. The van der Waals surface area contributed by atoms with Gasteiger partial charge in [0.1, 0.15) is 10.5 Å². The molecule has 32 heavy (non-hydrogen) atoms. The minimum absolute atomic E-state index is 0.0406. The lowest BCUT2D eigenvalue weighted by Gasteiger charge is -2.12. The molecule has 4 rings (SSSR count). The fourth-order valence-electron chi connectivity index (χ4n) is 3.09. The molecule has 0 aliphatic heterocycles. The van der Waals surface area contributed by atoms with E-state index in [9.17, 15) is 22.4 Å². The van der Waals surface area contributed by atoms with E-state index in [0.29, 0.717) is 21.3 Å². The number of pyridine rings is 1. The number of hydrogen-bond acceptors (Lipinski definition) is 7. The second-order valence-electron chi connectivity index (χ2n) is 7.50. The number of carbonyl (C=O) groups is 2. The quantitative estimate of drug-likeness (QED) is 0.485. The molecule has 2 heterocycles. The smallest absolute Gasteiger partial charge is 0.245 e. The number of aromatic nitrogens is 2. The fraction of sp³-hybridized carbons (Fsp3) is 0.300. The van der Waals surface area contributed by atoms with Crippen molar-refractivity contribution in [1.82, 2.24) is 20.6 Å². The number of thiazole rings is 1. The van der Waals surface area contributed by atoms with Crippen LogP contribution in [0.2, 0.25) is 5.02 Å². The molecule has 0 radical (unpaired) electrons. The molecule has 1 unspecified atom stereocenters. The van der Waals surface area contributed by atoms with Crippen molar-refractivity contribution in [3.05, 3.63) is 46.4 Å². The van der Waals surface area contributed by atoms with Gasteiger partial charge in [-0.3, -0.25) is 9.59 Å². The molecule has 2 aromatic heterocycles. The molecule has 0 bridgehead atoms. The maximum Gasteiger partial charge on any atom is 0.245 e. The second-order valence-corrected chi connectivity index (χ2v) is 11.1. The van der Waals surface area contributed by atoms with E-state index in [2.05, 4.69) is 20.6 Å². The highest BCUT2D eigenvalue weighted by molar-refractivity contribution is 7.91. The van der Waals surface area contributed by atoms with Gasteiger partial charge in [0.2, 0.25) is 17.8 Å². The zero-order valence-electron chi connectivity index (χ0n) is 16.8. The minimum Gasteiger partial charge on any atom is -0.352 e. The molecule has 1 aliphatic rings. The summed E-state index contributed by atoms with van der Waals surface area (Å²) in [6.07, 6.45) is 4.08. The van der Waals surface area contributed by atoms with Crippen molar-refractivity contribution in [3.63, 3.8) is 0 Å². The molecular weight excluding hydrogens is 479 g/mol. The van der Waals surface area contributed by atoms with Crippen LogP contribution in [0.5, 0.6) is 0 Å². The number of halogens is 2. The highest BCUT2D eigenvalue weighted by Gasteiger charge is 2.34. The Hall–Kier alpha value is -2.63. The highest BCUT2D eigenvalue weighted by Crippen LogP contribution is 2.37. The standard InChI is InChI=1S/C20H18ClFN4O4S2/c1-32(29,30)18(19(28)24-9-16(27)25-12-3-4-12)20-26-17-13(21)6-11(7-14(17)31-20)10-2-5-15(22)23-8-10/h2,5-8,12,18H,3-4,9H2,1H3,(H,24,28)(H,25,27). The van der Waals surface area contributed by atoms with Crippen molar-refractivity contribution in [1.29, 1.82) is 0 Å². The summed E-state index contributed by atoms with van der Waals surface area (Å²) in [7, 11) is -3.89. The van der Waals surface area contributed by atoms with Crippen LogP contribution in [-0.4, -0.2) is 49.0 Å². The maximum absolute atomic E-state index is 13.1. The lowest BCUT2D eigenvalue weighted by atomic mass is 10.1. The van der Waals surface area contributed by atoms with Crippen molar-refractivity contribution in [3.8, 4) is 11.1 Å². The zero-order valence-corrected chi connectivity index (χ0v) is 19.2. The molecule has 0 saturated heterocycles. The van der Waals surface area contributed by atoms with Crippen LogP contribution in [0.1, 0.15) is 23.1 Å². The predicted octanol–water partition coefficient (Wildman–Crippen LogP) is 2.63. The van der Waals surface area contributed by atoms with Gasteiger partial charge in [0, 0.05) is 24.1 Å². The van der Waals surface area contributed by atoms with Crippen LogP contribution in [-0.2, 0) is 19.4 Å². The van der Waals surface area contributed by atoms with Crippen molar-refractivity contribution in [2.24, 2.45) is 0 Å². The first-order valence-electron chi connectivity index (χ1n) is 9.59. The third kappa shape index (κ3) is 5.05. The third-order valence-electron chi connectivity index (χ3n) is 4.78. The van der Waals surface area contributed by atoms with Gasteiger partial charge in [-0.25, -0.2) is 18.4 Å². The number of hydrogen-bond donors (Lipinski definition) is 2. The van der Waals surface area contributed by atoms with Crippen LogP contribution in [0.3, 0.4) is 0 Å². The Balaban J connectivity index is 1.63. The molecule has 1 saturated carbocycles. The predicted molar refractivity (Wildman–Crippen MR) is 120 cm³/mol. The molecule has 8 nitrogen and oxygen atoms in total. The van der Waals surface area contributed by atoms with E-state index in [4.69, 9.17) is 11.6 Å². The van der Waals surface area contributed by atoms with Crippen molar-refractivity contribution >= 4 is 54.8 Å². The number of carbonyl (C=O) groups excluding carboxylic acids is 2. The van der Waals surface area contributed by atoms with Gasteiger partial charge in [0.15, 0.2) is 15.1 Å². The number of sulfone groups is 1. The normalized spacial score (nSPS) is 14.8. The van der Waals surface area contributed by atoms with Crippen molar-refractivity contribution in [2.75, 3.05) is 12.8 Å². The Bertz CT molecular complexity index is 1310. The fourth-order valence-corrected chi connectivity index (χ4v) is 5.98. The first-order valence-corrected chi connectivity index (χ1v) is 12.7. The Morgan fingerprint density at radius 1 is 1.28 bits per heavy atom. The van der Waals surface area contributed by atoms with Crippen molar-refractivity contribution in [2.45, 2.75) is 24.1 Å². The first-order chi connectivity index (χ1) is 15.1. The van der Waals surface area contributed by atoms with Gasteiger partial charge in [0.05, 0.1) is 16.3 Å². The molecule has 12 heteroatoms. The molecule has 1 aromatic carbocycles. The van der Waals surface area contributed by atoms with Gasteiger partial charge in [0.25, 0.3) is 0 Å². The van der Waals surface area contributed by atoms with Gasteiger partial charge >= 0.3 is 0 Å². The molecule has 1 fully saturated rings. The Labute approximate surface area is 192 Å². The van der Waals surface area contributed by atoms with E-state index in [1.54, 1.807) is 18.2 Å². The number of fused-ring (bicyclic) bond motifs is 1. The molecule has 168 valence electrons. The average Bonchev–Trinajstić information content (AvgIpc) is 3.42. The summed E-state index contributed by atoms with van der Waals surface area (Å²) in [4.78, 5) is 32.5. The van der Waals surface area contributed by atoms with Crippen LogP contribution < -0.4 is 10.6 Å². The molecule has 1 atom stereocenters. The van der Waals surface area contributed by atoms with Gasteiger partial charge < -0.3 is 10.6 Å². The van der Waals surface area contributed by atoms with E-state index in [1.807, 2.05) is 0 Å². The second kappa shape index (κ2) is 8.72. The molecule has 3 aromatic rings. The monoisotopic (exact) mass is 496 g/mol. The summed E-state index contributed by atoms with van der Waals surface area (Å²) in [6, 6.07) is 6.22. The van der Waals surface area contributed by atoms with Crippen LogP contribution in [0.15, 0.2) is 30.5 Å². The van der Waals surface area contributed by atoms with Crippen LogP contribution in [0, 0.1) is 5.95 Å². The highest BCUT2D eigenvalue weighted by atomic mass is 35.5. The van der Waals surface area contributed by atoms with Gasteiger partial charge in [-0.05, 0) is 42.7 Å². The SMILES string of the molecule is CS(=O)(=O)C(C(=O)NCC(=O)NC1CC1)c1nc2c(Cl)cc(-c3ccc(F)nc3)cc2s1. The number of amides is 2. The first kappa shape index (κ1) is 22.6. The summed E-state index contributed by atoms with van der Waals surface area (Å²) >= 11 is 7.37. The molecule has 2 amide bonds. The van der Waals surface area contributed by atoms with Gasteiger partial charge in [-0.2, -0.15) is 4.39 Å². The summed E-state index contributed by atoms with van der Waals surface area (Å²) < 4.78 is 38.5. The average molecular weight is 497 g/mol. The van der Waals surface area contributed by atoms with E-state index >= 15 is 0 Å². The number of nitrogens with zero attached hydrogens (tertiary/aromatic N) is 2. The van der Waals surface area contributed by atoms with Gasteiger partial charge in [-0.1, -0.05) is 11.6 Å². The van der Waals surface area contributed by atoms with E-state index in [0.717, 1.165) is 30.4 Å². The van der Waals surface area contributed by atoms with Crippen LogP contribution in [0.4, 0.5) is 4.39 Å². The molecule has 1 aliphatic carbocycles. The lowest BCUT2D eigenvalue weighted by Crippen LogP contribution is -2.41. The molecule has 0 spiro atoms. The van der Waals surface area contributed by atoms with E-state index in [1.165, 1.54) is 12.3 Å². The Morgan fingerprint density at radius 2 is 2.03 bits per heavy atom. The van der Waals surface area contributed by atoms with Crippen LogP contribution >= 0.6 is 22.9 Å².